The van der Waals surface area contributed by atoms with Crippen molar-refractivity contribution in [2.45, 2.75) is 25.4 Å². The maximum absolute atomic E-state index is 6.43. The molecule has 5 heterocycles. The van der Waals surface area contributed by atoms with E-state index in [4.69, 9.17) is 10.3 Å². The Hall–Kier alpha value is -3.90. The molecule has 0 radical (unpaired) electrons. The normalized spacial score (nSPS) is 24.2. The van der Waals surface area contributed by atoms with Crippen LogP contribution in [0.3, 0.4) is 0 Å². The van der Waals surface area contributed by atoms with Crippen LogP contribution in [-0.2, 0) is 6.54 Å². The topological polar surface area (TPSA) is 92.4 Å². The number of pyridine rings is 1. The molecule has 8 heteroatoms. The Morgan fingerprint density at radius 1 is 1.21 bits per heavy atom. The molecule has 1 fully saturated rings. The van der Waals surface area contributed by atoms with Gasteiger partial charge in [0, 0.05) is 18.1 Å². The molecule has 0 amide bonds. The molecule has 0 spiro atoms. The Morgan fingerprint density at radius 2 is 2.15 bits per heavy atom. The van der Waals surface area contributed by atoms with Crippen LogP contribution in [-0.4, -0.2) is 45.1 Å². The van der Waals surface area contributed by atoms with E-state index in [1.165, 1.54) is 5.56 Å². The molecule has 0 saturated carbocycles. The minimum atomic E-state index is -0.305. The van der Waals surface area contributed by atoms with E-state index in [9.17, 15) is 0 Å². The van der Waals surface area contributed by atoms with Crippen LogP contribution in [0.5, 0.6) is 0 Å². The van der Waals surface area contributed by atoms with Crippen LogP contribution in [0.2, 0.25) is 0 Å². The first-order chi connectivity index (χ1) is 16.2. The summed E-state index contributed by atoms with van der Waals surface area (Å²) in [5.41, 5.74) is 2.80. The van der Waals surface area contributed by atoms with E-state index >= 15 is 0 Å². The van der Waals surface area contributed by atoms with E-state index in [1.807, 2.05) is 24.4 Å². The van der Waals surface area contributed by atoms with Crippen molar-refractivity contribution in [3.63, 3.8) is 0 Å². The quantitative estimate of drug-likeness (QED) is 0.388. The molecule has 0 bridgehead atoms. The highest BCUT2D eigenvalue weighted by Gasteiger charge is 2.39. The zero-order valence-corrected chi connectivity index (χ0v) is 17.9. The Morgan fingerprint density at radius 3 is 3.06 bits per heavy atom. The van der Waals surface area contributed by atoms with Gasteiger partial charge in [-0.25, -0.2) is 4.99 Å². The lowest BCUT2D eigenvalue weighted by Gasteiger charge is -2.20. The molecule has 2 N–H and O–H groups in total. The number of fused-ring (bicyclic) bond motifs is 2. The standard InChI is InChI=1S/C25H22N7O/c26-32-17-20(27-15-24(32)29-25(30-32)23-8-4-12-33-23)9-10-21-6-3-11-31(21)16-18-13-19-5-1-2-7-22(19)28-14-18/h1-2,4-5,7-8,12-15,17,21H,3,6,11,16,26H2/q+1/t21?,32-/m1/s1. The second kappa shape index (κ2) is 7.90. The number of likely N-dealkylation sites (tertiary alicyclic amines) is 1. The summed E-state index contributed by atoms with van der Waals surface area (Å²) in [6.07, 6.45) is 9.03. The molecule has 1 aromatic carbocycles. The average molecular weight is 436 g/mol. The van der Waals surface area contributed by atoms with Crippen LogP contribution in [0.1, 0.15) is 24.2 Å². The van der Waals surface area contributed by atoms with Gasteiger partial charge in [-0.15, -0.1) is 5.84 Å². The van der Waals surface area contributed by atoms with Crippen molar-refractivity contribution in [1.29, 1.82) is 0 Å². The highest BCUT2D eigenvalue weighted by molar-refractivity contribution is 6.31. The van der Waals surface area contributed by atoms with Crippen LogP contribution < -0.4 is 5.84 Å². The Kier molecular flexibility index (Phi) is 4.73. The van der Waals surface area contributed by atoms with E-state index in [0.717, 1.165) is 36.8 Å². The summed E-state index contributed by atoms with van der Waals surface area (Å²) in [4.78, 5) is 15.9. The van der Waals surface area contributed by atoms with Crippen molar-refractivity contribution in [3.05, 3.63) is 78.1 Å². The molecule has 6 rings (SSSR count). The number of nitrogens with zero attached hydrogens (tertiary/aromatic N) is 6. The molecule has 3 aliphatic heterocycles. The first-order valence-electron chi connectivity index (χ1n) is 10.9. The maximum Gasteiger partial charge on any atom is 0.300 e. The number of nitrogens with two attached hydrogens (primary N) is 1. The molecular formula is C25H22N7O+. The van der Waals surface area contributed by atoms with Crippen LogP contribution in [0.25, 0.3) is 10.9 Å². The minimum Gasteiger partial charge on any atom is -0.461 e. The third-order valence-electron chi connectivity index (χ3n) is 5.99. The maximum atomic E-state index is 6.43. The van der Waals surface area contributed by atoms with E-state index in [-0.39, 0.29) is 10.7 Å². The zero-order valence-electron chi connectivity index (χ0n) is 17.9. The average Bonchev–Trinajstić information content (AvgIpc) is 3.57. The van der Waals surface area contributed by atoms with Crippen LogP contribution >= 0.6 is 0 Å². The molecule has 33 heavy (non-hydrogen) atoms. The van der Waals surface area contributed by atoms with E-state index < -0.39 is 0 Å². The Balaban J connectivity index is 1.20. The van der Waals surface area contributed by atoms with Gasteiger partial charge in [-0.05, 0) is 64.9 Å². The van der Waals surface area contributed by atoms with Crippen molar-refractivity contribution >= 4 is 28.8 Å². The highest BCUT2D eigenvalue weighted by Crippen LogP contribution is 2.23. The molecule has 0 aliphatic carbocycles. The van der Waals surface area contributed by atoms with E-state index in [1.54, 1.807) is 30.8 Å². The molecule has 3 aromatic rings. The molecule has 162 valence electrons. The summed E-state index contributed by atoms with van der Waals surface area (Å²) in [7, 11) is 0. The largest absolute Gasteiger partial charge is 0.461 e. The van der Waals surface area contributed by atoms with Gasteiger partial charge in [0.15, 0.2) is 17.7 Å². The molecule has 1 unspecified atom stereocenters. The number of allylic oxidation sites excluding steroid dienone is 1. The number of aliphatic imine (C=N–C) groups is 2. The number of aromatic nitrogens is 1. The van der Waals surface area contributed by atoms with Crippen molar-refractivity contribution in [2.75, 3.05) is 6.54 Å². The summed E-state index contributed by atoms with van der Waals surface area (Å²) >= 11 is 0. The van der Waals surface area contributed by atoms with Crippen LogP contribution in [0.15, 0.2) is 86.3 Å². The fraction of sp³-hybridized carbons (Fsp3) is 0.200. The van der Waals surface area contributed by atoms with Gasteiger partial charge in [0.1, 0.15) is 6.21 Å². The smallest absolute Gasteiger partial charge is 0.300 e. The second-order valence-corrected chi connectivity index (χ2v) is 8.32. The van der Waals surface area contributed by atoms with Gasteiger partial charge in [-0.3, -0.25) is 9.88 Å². The van der Waals surface area contributed by atoms with Gasteiger partial charge >= 0.3 is 0 Å². The SMILES string of the molecule is N[N@@+]12C=C(C#CC3CCCN3Cc3cnc4ccccc4c3)N=CC1=NC(c1ccco1)=N2. The third kappa shape index (κ3) is 3.79. The first-order valence-corrected chi connectivity index (χ1v) is 10.9. The summed E-state index contributed by atoms with van der Waals surface area (Å²) in [6.45, 7) is 1.84. The summed E-state index contributed by atoms with van der Waals surface area (Å²) in [6, 6.07) is 14.2. The number of amidine groups is 2. The lowest BCUT2D eigenvalue weighted by Crippen LogP contribution is -2.50. The number of benzene rings is 1. The molecule has 8 nitrogen and oxygen atoms in total. The van der Waals surface area contributed by atoms with Crippen molar-refractivity contribution in [2.24, 2.45) is 20.9 Å². The van der Waals surface area contributed by atoms with Gasteiger partial charge in [0.25, 0.3) is 11.7 Å². The van der Waals surface area contributed by atoms with E-state index in [0.29, 0.717) is 23.1 Å². The number of quaternary nitrogens is 1. The zero-order chi connectivity index (χ0) is 22.3. The molecule has 2 atom stereocenters. The van der Waals surface area contributed by atoms with Gasteiger partial charge in [-0.2, -0.15) is 4.99 Å². The fourth-order valence-corrected chi connectivity index (χ4v) is 4.33. The molecule has 1 saturated heterocycles. The predicted molar refractivity (Wildman–Crippen MR) is 127 cm³/mol. The second-order valence-electron chi connectivity index (χ2n) is 8.32. The highest BCUT2D eigenvalue weighted by atomic mass is 16.3. The van der Waals surface area contributed by atoms with Gasteiger partial charge in [-0.1, -0.05) is 24.1 Å². The summed E-state index contributed by atoms with van der Waals surface area (Å²) < 4.78 is 5.08. The Labute approximate surface area is 191 Å². The fourth-order valence-electron chi connectivity index (χ4n) is 4.33. The van der Waals surface area contributed by atoms with Gasteiger partial charge < -0.3 is 4.42 Å². The van der Waals surface area contributed by atoms with E-state index in [2.05, 4.69) is 48.9 Å². The third-order valence-corrected chi connectivity index (χ3v) is 5.99. The summed E-state index contributed by atoms with van der Waals surface area (Å²) in [5.74, 6) is 14.6. The minimum absolute atomic E-state index is 0.162. The first kappa shape index (κ1) is 19.8. The monoisotopic (exact) mass is 436 g/mol. The number of para-hydroxylation sites is 1. The predicted octanol–water partition coefficient (Wildman–Crippen LogP) is 3.19. The number of furan rings is 1. The number of hydrogen-bond donors (Lipinski definition) is 1. The lowest BCUT2D eigenvalue weighted by atomic mass is 10.1. The van der Waals surface area contributed by atoms with Crippen molar-refractivity contribution in [3.8, 4) is 11.8 Å². The molecule has 2 aromatic heterocycles. The van der Waals surface area contributed by atoms with Crippen molar-refractivity contribution < 1.29 is 9.12 Å². The molecule has 3 aliphatic rings. The number of hydrogen-bond acceptors (Lipinski definition) is 7. The van der Waals surface area contributed by atoms with Gasteiger partial charge in [0.05, 0.1) is 17.8 Å². The number of rotatable bonds is 3. The molecular weight excluding hydrogens is 414 g/mol. The van der Waals surface area contributed by atoms with Crippen molar-refractivity contribution in [1.82, 2.24) is 9.88 Å². The Bertz CT molecular complexity index is 1410. The summed E-state index contributed by atoms with van der Waals surface area (Å²) in [5, 5.41) is 5.65. The van der Waals surface area contributed by atoms with Crippen LogP contribution in [0.4, 0.5) is 0 Å². The van der Waals surface area contributed by atoms with Crippen LogP contribution in [0, 0.1) is 11.8 Å². The van der Waals surface area contributed by atoms with Gasteiger partial charge in [0.2, 0.25) is 0 Å². The lowest BCUT2D eigenvalue weighted by molar-refractivity contribution is -0.803.